The van der Waals surface area contributed by atoms with Crippen LogP contribution in [-0.4, -0.2) is 25.5 Å². The molecule has 0 radical (unpaired) electrons. The van der Waals surface area contributed by atoms with Crippen molar-refractivity contribution in [1.82, 2.24) is 0 Å². The van der Waals surface area contributed by atoms with Crippen molar-refractivity contribution < 1.29 is 14.3 Å². The van der Waals surface area contributed by atoms with Crippen LogP contribution in [0.3, 0.4) is 0 Å². The first-order valence-electron chi connectivity index (χ1n) is 7.23. The van der Waals surface area contributed by atoms with Crippen LogP contribution in [-0.2, 0) is 9.53 Å². The Hall–Kier alpha value is -1.88. The van der Waals surface area contributed by atoms with E-state index in [1.54, 1.807) is 12.1 Å². The maximum atomic E-state index is 12.6. The molecule has 0 heterocycles. The molecule has 0 atom stereocenters. The molecule has 1 aromatic rings. The number of aryl methyl sites for hydroxylation is 1. The first-order chi connectivity index (χ1) is 10.0. The number of esters is 1. The van der Waals surface area contributed by atoms with Crippen molar-refractivity contribution in [2.45, 2.75) is 32.6 Å². The molecule has 114 valence electrons. The van der Waals surface area contributed by atoms with E-state index in [0.29, 0.717) is 17.8 Å². The van der Waals surface area contributed by atoms with Gasteiger partial charge in [0, 0.05) is 6.54 Å². The van der Waals surface area contributed by atoms with Gasteiger partial charge in [-0.05, 0) is 31.9 Å². The number of methoxy groups -OCH3 is 1. The van der Waals surface area contributed by atoms with Crippen molar-refractivity contribution in [1.29, 1.82) is 0 Å². The Kier molecular flexibility index (Phi) is 4.63. The lowest BCUT2D eigenvalue weighted by molar-refractivity contribution is -0.124. The van der Waals surface area contributed by atoms with Gasteiger partial charge in [0.1, 0.15) is 0 Å². The maximum Gasteiger partial charge on any atom is 0.339 e. The number of nitrogens with two attached hydrogens (primary N) is 1. The fraction of sp³-hybridized carbons (Fsp3) is 0.500. The van der Waals surface area contributed by atoms with E-state index in [1.165, 1.54) is 7.11 Å². The number of amides is 1. The molecule has 1 aromatic carbocycles. The molecule has 0 spiro atoms. The highest BCUT2D eigenvalue weighted by molar-refractivity contribution is 6.03. The topological polar surface area (TPSA) is 81.4 Å². The molecule has 1 amide bonds. The standard InChI is InChI=1S/C16H22N2O3/c1-11-5-6-13(12(9-11)14(19)21-2)18-15(20)16(10-17)7-3-4-8-16/h5-6,9H,3-4,7-8,10,17H2,1-2H3,(H,18,20). The molecule has 5 nitrogen and oxygen atoms in total. The van der Waals surface area contributed by atoms with Crippen molar-refractivity contribution >= 4 is 17.6 Å². The van der Waals surface area contributed by atoms with Crippen molar-refractivity contribution in [2.24, 2.45) is 11.1 Å². The third-order valence-corrected chi connectivity index (χ3v) is 4.26. The van der Waals surface area contributed by atoms with E-state index in [4.69, 9.17) is 10.5 Å². The number of anilines is 1. The van der Waals surface area contributed by atoms with E-state index in [2.05, 4.69) is 5.32 Å². The van der Waals surface area contributed by atoms with Gasteiger partial charge in [0.05, 0.1) is 23.8 Å². The molecule has 0 bridgehead atoms. The number of carbonyl (C=O) groups excluding carboxylic acids is 2. The van der Waals surface area contributed by atoms with Gasteiger partial charge in [-0.3, -0.25) is 4.79 Å². The highest BCUT2D eigenvalue weighted by atomic mass is 16.5. The average molecular weight is 290 g/mol. The summed E-state index contributed by atoms with van der Waals surface area (Å²) >= 11 is 0. The van der Waals surface area contributed by atoms with E-state index in [0.717, 1.165) is 31.2 Å². The minimum atomic E-state index is -0.502. The van der Waals surface area contributed by atoms with Crippen molar-refractivity contribution in [3.05, 3.63) is 29.3 Å². The van der Waals surface area contributed by atoms with Crippen LogP contribution in [0.25, 0.3) is 0 Å². The summed E-state index contributed by atoms with van der Waals surface area (Å²) in [7, 11) is 1.33. The van der Waals surface area contributed by atoms with E-state index in [1.807, 2.05) is 13.0 Å². The summed E-state index contributed by atoms with van der Waals surface area (Å²) in [4.78, 5) is 24.4. The van der Waals surface area contributed by atoms with Gasteiger partial charge >= 0.3 is 5.97 Å². The first kappa shape index (κ1) is 15.5. The Morgan fingerprint density at radius 1 is 1.33 bits per heavy atom. The second-order valence-electron chi connectivity index (χ2n) is 5.69. The zero-order valence-electron chi connectivity index (χ0n) is 12.6. The van der Waals surface area contributed by atoms with Crippen molar-refractivity contribution in [2.75, 3.05) is 19.0 Å². The summed E-state index contributed by atoms with van der Waals surface area (Å²) < 4.78 is 4.78. The molecule has 1 aliphatic rings. The lowest BCUT2D eigenvalue weighted by Crippen LogP contribution is -2.40. The number of rotatable bonds is 4. The van der Waals surface area contributed by atoms with Crippen LogP contribution in [0.5, 0.6) is 0 Å². The molecule has 21 heavy (non-hydrogen) atoms. The van der Waals surface area contributed by atoms with Gasteiger partial charge < -0.3 is 15.8 Å². The van der Waals surface area contributed by atoms with Crippen LogP contribution in [0, 0.1) is 12.3 Å². The van der Waals surface area contributed by atoms with Crippen molar-refractivity contribution in [3.63, 3.8) is 0 Å². The average Bonchev–Trinajstić information content (AvgIpc) is 2.98. The van der Waals surface area contributed by atoms with Crippen LogP contribution in [0.15, 0.2) is 18.2 Å². The minimum Gasteiger partial charge on any atom is -0.465 e. The number of benzene rings is 1. The molecule has 5 heteroatoms. The van der Waals surface area contributed by atoms with Gasteiger partial charge in [-0.2, -0.15) is 0 Å². The highest BCUT2D eigenvalue weighted by Crippen LogP contribution is 2.38. The smallest absolute Gasteiger partial charge is 0.339 e. The Labute approximate surface area is 124 Å². The van der Waals surface area contributed by atoms with E-state index < -0.39 is 11.4 Å². The van der Waals surface area contributed by atoms with Crippen LogP contribution in [0.2, 0.25) is 0 Å². The lowest BCUT2D eigenvalue weighted by atomic mass is 9.85. The zero-order chi connectivity index (χ0) is 15.5. The molecule has 1 fully saturated rings. The highest BCUT2D eigenvalue weighted by Gasteiger charge is 2.40. The molecule has 0 saturated heterocycles. The quantitative estimate of drug-likeness (QED) is 0.833. The third-order valence-electron chi connectivity index (χ3n) is 4.26. The van der Waals surface area contributed by atoms with Gasteiger partial charge in [0.25, 0.3) is 0 Å². The molecule has 1 saturated carbocycles. The number of carbonyl (C=O) groups is 2. The number of hydrogen-bond donors (Lipinski definition) is 2. The summed E-state index contributed by atoms with van der Waals surface area (Å²) in [6, 6.07) is 5.30. The van der Waals surface area contributed by atoms with Gasteiger partial charge in [-0.25, -0.2) is 4.79 Å². The Morgan fingerprint density at radius 2 is 2.00 bits per heavy atom. The van der Waals surface area contributed by atoms with Gasteiger partial charge in [-0.1, -0.05) is 24.5 Å². The lowest BCUT2D eigenvalue weighted by Gasteiger charge is -2.26. The Balaban J connectivity index is 2.27. The molecular weight excluding hydrogens is 268 g/mol. The third kappa shape index (κ3) is 3.08. The van der Waals surface area contributed by atoms with E-state index in [-0.39, 0.29) is 5.91 Å². The van der Waals surface area contributed by atoms with Gasteiger partial charge in [0.2, 0.25) is 5.91 Å². The van der Waals surface area contributed by atoms with Crippen LogP contribution < -0.4 is 11.1 Å². The van der Waals surface area contributed by atoms with Crippen LogP contribution in [0.4, 0.5) is 5.69 Å². The van der Waals surface area contributed by atoms with Gasteiger partial charge in [-0.15, -0.1) is 0 Å². The summed E-state index contributed by atoms with van der Waals surface area (Å²) in [5, 5.41) is 2.87. The number of ether oxygens (including phenoxy) is 1. The summed E-state index contributed by atoms with van der Waals surface area (Å²) in [5.74, 6) is -0.557. The molecule has 1 aliphatic carbocycles. The minimum absolute atomic E-state index is 0.100. The van der Waals surface area contributed by atoms with Crippen molar-refractivity contribution in [3.8, 4) is 0 Å². The second kappa shape index (κ2) is 6.26. The first-order valence-corrected chi connectivity index (χ1v) is 7.23. The zero-order valence-corrected chi connectivity index (χ0v) is 12.6. The normalized spacial score (nSPS) is 16.5. The van der Waals surface area contributed by atoms with E-state index in [9.17, 15) is 9.59 Å². The molecular formula is C16H22N2O3. The molecule has 3 N–H and O–H groups in total. The predicted molar refractivity (Wildman–Crippen MR) is 81.1 cm³/mol. The van der Waals surface area contributed by atoms with E-state index >= 15 is 0 Å². The Bertz CT molecular complexity index is 548. The van der Waals surface area contributed by atoms with Crippen LogP contribution in [0.1, 0.15) is 41.6 Å². The number of nitrogens with one attached hydrogen (secondary N) is 1. The SMILES string of the molecule is COC(=O)c1cc(C)ccc1NC(=O)C1(CN)CCCC1. The fourth-order valence-corrected chi connectivity index (χ4v) is 2.88. The molecule has 0 aromatic heterocycles. The van der Waals surface area contributed by atoms with Gasteiger partial charge in [0.15, 0.2) is 0 Å². The largest absolute Gasteiger partial charge is 0.465 e. The molecule has 0 unspecified atom stereocenters. The molecule has 0 aliphatic heterocycles. The van der Waals surface area contributed by atoms with Crippen LogP contribution >= 0.6 is 0 Å². The predicted octanol–water partition coefficient (Wildman–Crippen LogP) is 2.24. The number of hydrogen-bond acceptors (Lipinski definition) is 4. The maximum absolute atomic E-state index is 12.6. The molecule has 2 rings (SSSR count). The Morgan fingerprint density at radius 3 is 2.57 bits per heavy atom. The summed E-state index contributed by atoms with van der Waals surface area (Å²) in [6.07, 6.45) is 3.63. The second-order valence-corrected chi connectivity index (χ2v) is 5.69. The fourth-order valence-electron chi connectivity index (χ4n) is 2.88. The monoisotopic (exact) mass is 290 g/mol. The summed E-state index contributed by atoms with van der Waals surface area (Å²) in [6.45, 7) is 2.22. The summed E-state index contributed by atoms with van der Waals surface area (Å²) in [5.41, 5.74) is 7.11.